The van der Waals surface area contributed by atoms with Crippen molar-refractivity contribution in [3.05, 3.63) is 40.7 Å². The molecule has 0 atom stereocenters. The summed E-state index contributed by atoms with van der Waals surface area (Å²) in [6.07, 6.45) is -4.69. The maximum absolute atomic E-state index is 12.8. The van der Waals surface area contributed by atoms with Gasteiger partial charge in [0.1, 0.15) is 0 Å². The SMILES string of the molecule is CC(C)c1ccc(NC(=O)c2nn3c(C(F)(F)F)nnc3s2)cc1. The molecule has 0 saturated carbocycles. The summed E-state index contributed by atoms with van der Waals surface area (Å²) in [7, 11) is 0. The molecular weight excluding hydrogens is 343 g/mol. The predicted molar refractivity (Wildman–Crippen MR) is 82.1 cm³/mol. The lowest BCUT2D eigenvalue weighted by Gasteiger charge is -2.07. The molecule has 2 aromatic heterocycles. The van der Waals surface area contributed by atoms with Gasteiger partial charge in [0.2, 0.25) is 9.97 Å². The van der Waals surface area contributed by atoms with Crippen molar-refractivity contribution in [1.29, 1.82) is 0 Å². The standard InChI is InChI=1S/C14H12F3N5OS/c1-7(2)8-3-5-9(6-4-8)18-10(23)11-21-22-12(14(15,16)17)19-20-13(22)24-11/h3-7H,1-2H3,(H,18,23). The number of aromatic nitrogens is 4. The summed E-state index contributed by atoms with van der Waals surface area (Å²) in [6.45, 7) is 4.09. The first-order valence-electron chi connectivity index (χ1n) is 6.96. The number of alkyl halides is 3. The van der Waals surface area contributed by atoms with Gasteiger partial charge in [-0.2, -0.15) is 17.7 Å². The summed E-state index contributed by atoms with van der Waals surface area (Å²) in [5, 5.41) is 12.6. The molecule has 6 nitrogen and oxygen atoms in total. The van der Waals surface area contributed by atoms with E-state index in [0.717, 1.165) is 16.9 Å². The van der Waals surface area contributed by atoms with E-state index >= 15 is 0 Å². The number of hydrogen-bond donors (Lipinski definition) is 1. The van der Waals surface area contributed by atoms with Crippen molar-refractivity contribution < 1.29 is 18.0 Å². The molecule has 0 saturated heterocycles. The molecule has 3 rings (SSSR count). The number of benzene rings is 1. The summed E-state index contributed by atoms with van der Waals surface area (Å²) in [5.41, 5.74) is 1.65. The van der Waals surface area contributed by atoms with Crippen molar-refractivity contribution in [2.45, 2.75) is 25.9 Å². The number of amides is 1. The number of halogens is 3. The van der Waals surface area contributed by atoms with Crippen molar-refractivity contribution in [1.82, 2.24) is 19.8 Å². The molecule has 0 aliphatic heterocycles. The molecule has 10 heteroatoms. The van der Waals surface area contributed by atoms with Gasteiger partial charge < -0.3 is 5.32 Å². The normalized spacial score (nSPS) is 12.1. The number of fused-ring (bicyclic) bond motifs is 1. The second kappa shape index (κ2) is 5.86. The van der Waals surface area contributed by atoms with E-state index in [0.29, 0.717) is 16.1 Å². The Morgan fingerprint density at radius 2 is 1.88 bits per heavy atom. The summed E-state index contributed by atoms with van der Waals surface area (Å²) in [4.78, 5) is 12.1. The molecule has 1 amide bonds. The van der Waals surface area contributed by atoms with Crippen molar-refractivity contribution in [2.24, 2.45) is 0 Å². The second-order valence-electron chi connectivity index (χ2n) is 5.35. The van der Waals surface area contributed by atoms with Crippen LogP contribution in [0.4, 0.5) is 18.9 Å². The van der Waals surface area contributed by atoms with Gasteiger partial charge >= 0.3 is 6.18 Å². The Hall–Kier alpha value is -2.49. The van der Waals surface area contributed by atoms with Crippen molar-refractivity contribution >= 4 is 27.9 Å². The number of nitrogens with zero attached hydrogens (tertiary/aromatic N) is 4. The molecule has 126 valence electrons. The highest BCUT2D eigenvalue weighted by Crippen LogP contribution is 2.29. The molecule has 1 aromatic carbocycles. The molecule has 1 N–H and O–H groups in total. The van der Waals surface area contributed by atoms with E-state index in [1.165, 1.54) is 0 Å². The molecule has 24 heavy (non-hydrogen) atoms. The van der Waals surface area contributed by atoms with Crippen molar-refractivity contribution in [3.8, 4) is 0 Å². The van der Waals surface area contributed by atoms with E-state index in [4.69, 9.17) is 0 Å². The largest absolute Gasteiger partial charge is 0.453 e. The molecular formula is C14H12F3N5OS. The molecule has 0 bridgehead atoms. The van der Waals surface area contributed by atoms with Crippen LogP contribution in [0.15, 0.2) is 24.3 Å². The van der Waals surface area contributed by atoms with E-state index < -0.39 is 17.9 Å². The molecule has 2 heterocycles. The minimum Gasteiger partial charge on any atom is -0.320 e. The minimum atomic E-state index is -4.69. The van der Waals surface area contributed by atoms with Crippen LogP contribution in [-0.2, 0) is 6.18 Å². The maximum Gasteiger partial charge on any atom is 0.453 e. The quantitative estimate of drug-likeness (QED) is 0.779. The van der Waals surface area contributed by atoms with Gasteiger partial charge in [-0.3, -0.25) is 4.79 Å². The van der Waals surface area contributed by atoms with Crippen LogP contribution in [0.25, 0.3) is 4.96 Å². The van der Waals surface area contributed by atoms with Gasteiger partial charge in [0, 0.05) is 5.69 Å². The summed E-state index contributed by atoms with van der Waals surface area (Å²) in [5.74, 6) is -1.50. The number of nitrogens with one attached hydrogen (secondary N) is 1. The molecule has 3 aromatic rings. The van der Waals surface area contributed by atoms with Crippen molar-refractivity contribution in [2.75, 3.05) is 5.32 Å². The van der Waals surface area contributed by atoms with Gasteiger partial charge in [0.05, 0.1) is 0 Å². The van der Waals surface area contributed by atoms with Crippen LogP contribution in [0, 0.1) is 0 Å². The number of hydrogen-bond acceptors (Lipinski definition) is 5. The van der Waals surface area contributed by atoms with E-state index in [-0.39, 0.29) is 9.97 Å². The van der Waals surface area contributed by atoms with E-state index in [1.807, 2.05) is 26.0 Å². The van der Waals surface area contributed by atoms with Crippen LogP contribution in [0.3, 0.4) is 0 Å². The number of carbonyl (C=O) groups excluding carboxylic acids is 1. The number of anilines is 1. The average Bonchev–Trinajstić information content (AvgIpc) is 3.06. The fourth-order valence-corrected chi connectivity index (χ4v) is 2.76. The summed E-state index contributed by atoms with van der Waals surface area (Å²) in [6, 6.07) is 7.21. The third-order valence-electron chi connectivity index (χ3n) is 3.27. The lowest BCUT2D eigenvalue weighted by molar-refractivity contribution is -0.146. The average molecular weight is 355 g/mol. The fraction of sp³-hybridized carbons (Fsp3) is 0.286. The Morgan fingerprint density at radius 3 is 2.46 bits per heavy atom. The van der Waals surface area contributed by atoms with E-state index in [2.05, 4.69) is 20.6 Å². The Morgan fingerprint density at radius 1 is 1.21 bits per heavy atom. The maximum atomic E-state index is 12.8. The van der Waals surface area contributed by atoms with Crippen molar-refractivity contribution in [3.63, 3.8) is 0 Å². The summed E-state index contributed by atoms with van der Waals surface area (Å²) < 4.78 is 38.8. The number of rotatable bonds is 3. The highest BCUT2D eigenvalue weighted by atomic mass is 32.1. The Kier molecular flexibility index (Phi) is 3.99. The van der Waals surface area contributed by atoms with Crippen LogP contribution >= 0.6 is 11.3 Å². The highest BCUT2D eigenvalue weighted by Gasteiger charge is 2.38. The molecule has 0 spiro atoms. The number of carbonyl (C=O) groups is 1. The zero-order valence-electron chi connectivity index (χ0n) is 12.6. The lowest BCUT2D eigenvalue weighted by Crippen LogP contribution is -2.14. The van der Waals surface area contributed by atoms with E-state index in [1.54, 1.807) is 12.1 Å². The topological polar surface area (TPSA) is 72.2 Å². The lowest BCUT2D eigenvalue weighted by atomic mass is 10.0. The molecule has 0 radical (unpaired) electrons. The van der Waals surface area contributed by atoms with Crippen LogP contribution in [-0.4, -0.2) is 25.7 Å². The van der Waals surface area contributed by atoms with Crippen LogP contribution in [0.2, 0.25) is 0 Å². The Balaban J connectivity index is 1.82. The first-order valence-corrected chi connectivity index (χ1v) is 7.78. The molecule has 0 aliphatic rings. The van der Waals surface area contributed by atoms with E-state index in [9.17, 15) is 18.0 Å². The zero-order valence-corrected chi connectivity index (χ0v) is 13.4. The van der Waals surface area contributed by atoms with Gasteiger partial charge in [0.25, 0.3) is 11.7 Å². The molecule has 0 aliphatic carbocycles. The van der Waals surface area contributed by atoms with Crippen LogP contribution < -0.4 is 5.32 Å². The van der Waals surface area contributed by atoms with Gasteiger partial charge in [-0.25, -0.2) is 0 Å². The monoisotopic (exact) mass is 355 g/mol. The summed E-state index contributed by atoms with van der Waals surface area (Å²) >= 11 is 0.736. The zero-order chi connectivity index (χ0) is 17.5. The van der Waals surface area contributed by atoms with Gasteiger partial charge in [0.15, 0.2) is 0 Å². The van der Waals surface area contributed by atoms with Gasteiger partial charge in [-0.15, -0.1) is 15.3 Å². The first-order chi connectivity index (χ1) is 11.3. The third-order valence-corrected chi connectivity index (χ3v) is 4.17. The third kappa shape index (κ3) is 3.09. The Bertz CT molecular complexity index is 882. The predicted octanol–water partition coefficient (Wildman–Crippen LogP) is 3.58. The van der Waals surface area contributed by atoms with Crippen LogP contribution in [0.1, 0.15) is 41.0 Å². The highest BCUT2D eigenvalue weighted by molar-refractivity contribution is 7.18. The van der Waals surface area contributed by atoms with Gasteiger partial charge in [-0.1, -0.05) is 37.3 Å². The molecule has 0 fully saturated rings. The first kappa shape index (κ1) is 16.4. The molecule has 0 unspecified atom stereocenters. The fourth-order valence-electron chi connectivity index (χ4n) is 2.02. The van der Waals surface area contributed by atoms with Gasteiger partial charge in [-0.05, 0) is 23.6 Å². The minimum absolute atomic E-state index is 0.0948. The smallest absolute Gasteiger partial charge is 0.320 e. The second-order valence-corrected chi connectivity index (χ2v) is 6.31. The Labute approximate surface area is 138 Å². The van der Waals surface area contributed by atoms with Crippen LogP contribution in [0.5, 0.6) is 0 Å².